The maximum atomic E-state index is 5.66. The van der Waals surface area contributed by atoms with Gasteiger partial charge in [-0.25, -0.2) is 0 Å². The molecule has 0 saturated heterocycles. The molecule has 0 saturated carbocycles. The smallest absolute Gasteiger partial charge is 0.0758 e. The summed E-state index contributed by atoms with van der Waals surface area (Å²) in [7, 11) is 0. The number of pyridine rings is 1. The normalized spacial score (nSPS) is 14.3. The van der Waals surface area contributed by atoms with E-state index in [-0.39, 0.29) is 0 Å². The Morgan fingerprint density at radius 2 is 2.05 bits per heavy atom. The van der Waals surface area contributed by atoms with Crippen molar-refractivity contribution in [2.75, 3.05) is 18.5 Å². The molecule has 3 rings (SSSR count). The minimum Gasteiger partial charge on any atom is -0.384 e. The lowest BCUT2D eigenvalue weighted by molar-refractivity contribution is 0.110. The van der Waals surface area contributed by atoms with E-state index in [1.807, 2.05) is 0 Å². The van der Waals surface area contributed by atoms with Crippen molar-refractivity contribution in [2.24, 2.45) is 0 Å². The van der Waals surface area contributed by atoms with Crippen LogP contribution in [0.5, 0.6) is 0 Å². The number of anilines is 1. The van der Waals surface area contributed by atoms with Gasteiger partial charge in [0, 0.05) is 23.9 Å². The fraction of sp³-hybridized carbons (Fsp3) is 0.471. The number of hydrogen-bond donors (Lipinski definition) is 1. The molecule has 0 bridgehead atoms. The highest BCUT2D eigenvalue weighted by atomic mass is 16.5. The van der Waals surface area contributed by atoms with Crippen molar-refractivity contribution in [1.29, 1.82) is 0 Å². The van der Waals surface area contributed by atoms with E-state index >= 15 is 0 Å². The van der Waals surface area contributed by atoms with Gasteiger partial charge in [0.2, 0.25) is 0 Å². The summed E-state index contributed by atoms with van der Waals surface area (Å²) in [4.78, 5) is 4.92. The summed E-state index contributed by atoms with van der Waals surface area (Å²) >= 11 is 0. The number of ether oxygens (including phenoxy) is 1. The van der Waals surface area contributed by atoms with Crippen molar-refractivity contribution >= 4 is 16.6 Å². The molecular weight excluding hydrogens is 248 g/mol. The first-order chi connectivity index (χ1) is 9.72. The van der Waals surface area contributed by atoms with Crippen molar-refractivity contribution in [2.45, 2.75) is 40.2 Å². The fourth-order valence-electron chi connectivity index (χ4n) is 2.90. The number of rotatable bonds is 3. The van der Waals surface area contributed by atoms with Gasteiger partial charge in [-0.2, -0.15) is 0 Å². The summed E-state index contributed by atoms with van der Waals surface area (Å²) < 4.78 is 5.66. The monoisotopic (exact) mass is 270 g/mol. The molecule has 1 aliphatic rings. The lowest BCUT2D eigenvalue weighted by atomic mass is 9.97. The lowest BCUT2D eigenvalue weighted by Crippen LogP contribution is -2.16. The van der Waals surface area contributed by atoms with Crippen molar-refractivity contribution in [3.63, 3.8) is 0 Å². The molecule has 1 N–H and O–H groups in total. The summed E-state index contributed by atoms with van der Waals surface area (Å²) in [5.41, 5.74) is 7.38. The van der Waals surface area contributed by atoms with Crippen LogP contribution in [-0.2, 0) is 17.8 Å². The Hall–Kier alpha value is -1.61. The van der Waals surface area contributed by atoms with E-state index in [9.17, 15) is 0 Å². The number of benzene rings is 1. The Morgan fingerprint density at radius 3 is 2.85 bits per heavy atom. The van der Waals surface area contributed by atoms with Crippen molar-refractivity contribution in [3.05, 3.63) is 34.5 Å². The molecule has 0 unspecified atom stereocenters. The van der Waals surface area contributed by atoms with Gasteiger partial charge in [-0.15, -0.1) is 0 Å². The summed E-state index contributed by atoms with van der Waals surface area (Å²) in [6.07, 6.45) is 2.03. The summed E-state index contributed by atoms with van der Waals surface area (Å²) in [6.45, 7) is 8.94. The van der Waals surface area contributed by atoms with E-state index in [1.165, 1.54) is 33.5 Å². The van der Waals surface area contributed by atoms with Gasteiger partial charge < -0.3 is 10.1 Å². The van der Waals surface area contributed by atoms with Gasteiger partial charge in [0.05, 0.1) is 30.1 Å². The predicted octanol–water partition coefficient (Wildman–Crippen LogP) is 3.75. The van der Waals surface area contributed by atoms with Crippen LogP contribution in [0.4, 0.5) is 5.69 Å². The van der Waals surface area contributed by atoms with E-state index in [1.54, 1.807) is 0 Å². The van der Waals surface area contributed by atoms with Crippen molar-refractivity contribution in [3.8, 4) is 0 Å². The summed E-state index contributed by atoms with van der Waals surface area (Å²) in [5.74, 6) is 0. The summed E-state index contributed by atoms with van der Waals surface area (Å²) in [6, 6.07) is 4.35. The Bertz CT molecular complexity index is 649. The molecular formula is C17H22N2O. The van der Waals surface area contributed by atoms with Crippen LogP contribution in [0.1, 0.15) is 35.7 Å². The Morgan fingerprint density at radius 1 is 1.25 bits per heavy atom. The SMILES string of the molecule is CCCNc1c2c(nc3c(C)ccc(C)c13)CCOC2. The molecule has 2 aromatic rings. The molecule has 3 heteroatoms. The number of nitrogens with zero attached hydrogens (tertiary/aromatic N) is 1. The lowest BCUT2D eigenvalue weighted by Gasteiger charge is -2.23. The van der Waals surface area contributed by atoms with Gasteiger partial charge in [0.25, 0.3) is 0 Å². The predicted molar refractivity (Wildman–Crippen MR) is 83.4 cm³/mol. The number of hydrogen-bond acceptors (Lipinski definition) is 3. The van der Waals surface area contributed by atoms with Crippen LogP contribution < -0.4 is 5.32 Å². The van der Waals surface area contributed by atoms with E-state index in [4.69, 9.17) is 9.72 Å². The third-order valence-electron chi connectivity index (χ3n) is 4.02. The topological polar surface area (TPSA) is 34.2 Å². The molecule has 2 heterocycles. The van der Waals surface area contributed by atoms with Gasteiger partial charge in [-0.1, -0.05) is 19.1 Å². The minimum atomic E-state index is 0.678. The number of nitrogens with one attached hydrogen (secondary N) is 1. The molecule has 1 aromatic carbocycles. The van der Waals surface area contributed by atoms with Crippen LogP contribution >= 0.6 is 0 Å². The average Bonchev–Trinajstić information content (AvgIpc) is 2.48. The fourth-order valence-corrected chi connectivity index (χ4v) is 2.90. The Labute approximate surface area is 120 Å². The maximum Gasteiger partial charge on any atom is 0.0758 e. The van der Waals surface area contributed by atoms with Crippen LogP contribution in [0.25, 0.3) is 10.9 Å². The quantitative estimate of drug-likeness (QED) is 0.922. The van der Waals surface area contributed by atoms with Gasteiger partial charge >= 0.3 is 0 Å². The van der Waals surface area contributed by atoms with Crippen LogP contribution in [0.15, 0.2) is 12.1 Å². The van der Waals surface area contributed by atoms with Gasteiger partial charge in [-0.05, 0) is 31.4 Å². The molecule has 0 amide bonds. The standard InChI is InChI=1S/C17H22N2O/c1-4-8-18-17-13-10-20-9-7-14(13)19-16-12(3)6-5-11(2)15(16)17/h5-6H,4,7-10H2,1-3H3,(H,18,19). The largest absolute Gasteiger partial charge is 0.384 e. The first-order valence-corrected chi connectivity index (χ1v) is 7.45. The van der Waals surface area contributed by atoms with Crippen LogP contribution in [0, 0.1) is 13.8 Å². The second kappa shape index (κ2) is 5.41. The molecule has 0 radical (unpaired) electrons. The first kappa shape index (κ1) is 13.4. The molecule has 106 valence electrons. The molecule has 3 nitrogen and oxygen atoms in total. The molecule has 0 fully saturated rings. The van der Waals surface area contributed by atoms with Crippen molar-refractivity contribution < 1.29 is 4.74 Å². The van der Waals surface area contributed by atoms with E-state index in [0.717, 1.165) is 31.5 Å². The van der Waals surface area contributed by atoms with E-state index in [0.29, 0.717) is 6.61 Å². The highest BCUT2D eigenvalue weighted by molar-refractivity contribution is 5.97. The van der Waals surface area contributed by atoms with E-state index in [2.05, 4.69) is 38.2 Å². The third kappa shape index (κ3) is 2.16. The first-order valence-electron chi connectivity index (χ1n) is 7.45. The maximum absolute atomic E-state index is 5.66. The Kier molecular flexibility index (Phi) is 3.62. The van der Waals surface area contributed by atoms with Gasteiger partial charge in [-0.3, -0.25) is 4.98 Å². The molecule has 1 aromatic heterocycles. The highest BCUT2D eigenvalue weighted by Gasteiger charge is 2.20. The highest BCUT2D eigenvalue weighted by Crippen LogP contribution is 2.34. The number of aryl methyl sites for hydroxylation is 2. The van der Waals surface area contributed by atoms with Gasteiger partial charge in [0.1, 0.15) is 0 Å². The zero-order valence-electron chi connectivity index (χ0n) is 12.5. The Balaban J connectivity index is 2.30. The summed E-state index contributed by atoms with van der Waals surface area (Å²) in [5, 5.41) is 4.88. The van der Waals surface area contributed by atoms with E-state index < -0.39 is 0 Å². The average molecular weight is 270 g/mol. The second-order valence-corrected chi connectivity index (χ2v) is 5.56. The number of fused-ring (bicyclic) bond motifs is 2. The second-order valence-electron chi connectivity index (χ2n) is 5.56. The third-order valence-corrected chi connectivity index (χ3v) is 4.02. The molecule has 20 heavy (non-hydrogen) atoms. The zero-order valence-corrected chi connectivity index (χ0v) is 12.5. The molecule has 1 aliphatic heterocycles. The molecule has 0 aliphatic carbocycles. The van der Waals surface area contributed by atoms with Crippen molar-refractivity contribution in [1.82, 2.24) is 4.98 Å². The molecule has 0 atom stereocenters. The zero-order chi connectivity index (χ0) is 14.1. The van der Waals surface area contributed by atoms with Crippen LogP contribution in [0.3, 0.4) is 0 Å². The van der Waals surface area contributed by atoms with Crippen LogP contribution in [-0.4, -0.2) is 18.1 Å². The molecule has 0 spiro atoms. The number of aromatic nitrogens is 1. The van der Waals surface area contributed by atoms with Crippen LogP contribution in [0.2, 0.25) is 0 Å². The minimum absolute atomic E-state index is 0.678. The van der Waals surface area contributed by atoms with Gasteiger partial charge in [0.15, 0.2) is 0 Å².